The highest BCUT2D eigenvalue weighted by molar-refractivity contribution is 7.84. The van der Waals surface area contributed by atoms with E-state index >= 15 is 0 Å². The van der Waals surface area contributed by atoms with E-state index in [2.05, 4.69) is 4.74 Å². The molecule has 0 saturated heterocycles. The lowest BCUT2D eigenvalue weighted by Gasteiger charge is -2.11. The second-order valence-electron chi connectivity index (χ2n) is 4.31. The molecule has 0 heterocycles. The molecule has 0 amide bonds. The van der Waals surface area contributed by atoms with Gasteiger partial charge < -0.3 is 9.47 Å². The van der Waals surface area contributed by atoms with Crippen LogP contribution in [0.25, 0.3) is 0 Å². The van der Waals surface area contributed by atoms with Crippen molar-refractivity contribution in [2.75, 3.05) is 20.0 Å². The van der Waals surface area contributed by atoms with Gasteiger partial charge in [-0.2, -0.15) is 5.26 Å². The molecule has 0 aliphatic rings. The lowest BCUT2D eigenvalue weighted by molar-refractivity contribution is -0.144. The second-order valence-corrected chi connectivity index (χ2v) is 5.82. The molecule has 20 heavy (non-hydrogen) atoms. The van der Waals surface area contributed by atoms with Crippen molar-refractivity contribution in [1.29, 1.82) is 5.26 Å². The zero-order valence-electron chi connectivity index (χ0n) is 11.7. The number of carbonyl (C=O) groups is 1. The fourth-order valence-electron chi connectivity index (χ4n) is 1.74. The molecule has 6 heteroatoms. The number of carbonyl (C=O) groups excluding carboxylic acids is 1. The van der Waals surface area contributed by atoms with Crippen LogP contribution in [0, 0.1) is 17.2 Å². The van der Waals surface area contributed by atoms with Crippen molar-refractivity contribution in [3.63, 3.8) is 0 Å². The molecule has 0 aliphatic heterocycles. The van der Waals surface area contributed by atoms with Crippen LogP contribution in [0.4, 0.5) is 0 Å². The maximum Gasteiger partial charge on any atom is 0.309 e. The highest BCUT2D eigenvalue weighted by Crippen LogP contribution is 2.21. The Labute approximate surface area is 121 Å². The molecule has 0 fully saturated rings. The van der Waals surface area contributed by atoms with Crippen LogP contribution in [-0.4, -0.2) is 30.2 Å². The van der Waals surface area contributed by atoms with Gasteiger partial charge in [0.2, 0.25) is 0 Å². The summed E-state index contributed by atoms with van der Waals surface area (Å²) in [5.74, 6) is 0.234. The van der Waals surface area contributed by atoms with Gasteiger partial charge in [0.05, 0.1) is 37.5 Å². The molecule has 1 aromatic rings. The Morgan fingerprint density at radius 1 is 1.45 bits per heavy atom. The number of hydrogen-bond donors (Lipinski definition) is 0. The number of esters is 1. The van der Waals surface area contributed by atoms with Crippen molar-refractivity contribution in [3.8, 4) is 11.8 Å². The summed E-state index contributed by atoms with van der Waals surface area (Å²) < 4.78 is 21.9. The number of benzene rings is 1. The van der Waals surface area contributed by atoms with Gasteiger partial charge in [-0.3, -0.25) is 9.00 Å². The van der Waals surface area contributed by atoms with E-state index in [4.69, 9.17) is 10.00 Å². The minimum Gasteiger partial charge on any atom is -0.496 e. The van der Waals surface area contributed by atoms with Gasteiger partial charge in [-0.05, 0) is 18.2 Å². The molecule has 5 nitrogen and oxygen atoms in total. The van der Waals surface area contributed by atoms with E-state index < -0.39 is 16.7 Å². The Balaban J connectivity index is 2.80. The molecule has 0 radical (unpaired) electrons. The minimum atomic E-state index is -1.24. The lowest BCUT2D eigenvalue weighted by Crippen LogP contribution is -2.20. The van der Waals surface area contributed by atoms with E-state index in [1.165, 1.54) is 14.2 Å². The highest BCUT2D eigenvalue weighted by atomic mass is 32.2. The SMILES string of the molecule is COC(=O)C(C)CS(=O)Cc1cc(C#N)ccc1OC. The molecule has 2 unspecified atom stereocenters. The first-order valence-corrected chi connectivity index (χ1v) is 7.50. The van der Waals surface area contributed by atoms with Crippen molar-refractivity contribution in [3.05, 3.63) is 29.3 Å². The molecule has 108 valence electrons. The number of nitrogens with zero attached hydrogens (tertiary/aromatic N) is 1. The van der Waals surface area contributed by atoms with E-state index in [1.54, 1.807) is 25.1 Å². The van der Waals surface area contributed by atoms with E-state index in [1.807, 2.05) is 6.07 Å². The quantitative estimate of drug-likeness (QED) is 0.745. The summed E-state index contributed by atoms with van der Waals surface area (Å²) in [7, 11) is 1.59. The van der Waals surface area contributed by atoms with Gasteiger partial charge in [0.1, 0.15) is 5.75 Å². The summed E-state index contributed by atoms with van der Waals surface area (Å²) in [6.07, 6.45) is 0. The molecule has 1 rings (SSSR count). The smallest absolute Gasteiger partial charge is 0.309 e. The lowest BCUT2D eigenvalue weighted by atomic mass is 10.1. The molecular weight excluding hydrogens is 278 g/mol. The molecule has 0 aromatic heterocycles. The summed E-state index contributed by atoms with van der Waals surface area (Å²) in [6.45, 7) is 1.67. The van der Waals surface area contributed by atoms with Crippen LogP contribution >= 0.6 is 0 Å². The van der Waals surface area contributed by atoms with Crippen molar-refractivity contribution in [1.82, 2.24) is 0 Å². The first-order chi connectivity index (χ1) is 9.51. The highest BCUT2D eigenvalue weighted by Gasteiger charge is 2.18. The first-order valence-electron chi connectivity index (χ1n) is 6.01. The topological polar surface area (TPSA) is 76.4 Å². The van der Waals surface area contributed by atoms with Gasteiger partial charge in [0, 0.05) is 22.1 Å². The average Bonchev–Trinajstić information content (AvgIpc) is 2.45. The third-order valence-electron chi connectivity index (χ3n) is 2.77. The van der Waals surface area contributed by atoms with Crippen molar-refractivity contribution in [2.45, 2.75) is 12.7 Å². The Bertz CT molecular complexity index is 551. The molecule has 0 bridgehead atoms. The first kappa shape index (κ1) is 16.2. The Morgan fingerprint density at radius 2 is 2.15 bits per heavy atom. The number of rotatable bonds is 6. The molecule has 0 N–H and O–H groups in total. The third kappa shape index (κ3) is 4.35. The standard InChI is InChI=1S/C14H17NO4S/c1-10(14(16)19-3)8-20(17)9-12-6-11(7-15)4-5-13(12)18-2/h4-6,10H,8-9H2,1-3H3. The van der Waals surface area contributed by atoms with Crippen LogP contribution in [0.5, 0.6) is 5.75 Å². The molecule has 2 atom stereocenters. The fraction of sp³-hybridized carbons (Fsp3) is 0.429. The zero-order chi connectivity index (χ0) is 15.1. The summed E-state index contributed by atoms with van der Waals surface area (Å²) in [5, 5.41) is 8.88. The maximum atomic E-state index is 12.1. The van der Waals surface area contributed by atoms with E-state index in [-0.39, 0.29) is 17.5 Å². The molecular formula is C14H17NO4S. The van der Waals surface area contributed by atoms with Gasteiger partial charge in [0.15, 0.2) is 0 Å². The van der Waals surface area contributed by atoms with Crippen LogP contribution in [0.15, 0.2) is 18.2 Å². The van der Waals surface area contributed by atoms with Crippen molar-refractivity contribution < 1.29 is 18.5 Å². The summed E-state index contributed by atoms with van der Waals surface area (Å²) >= 11 is 0. The zero-order valence-corrected chi connectivity index (χ0v) is 12.5. The predicted molar refractivity (Wildman–Crippen MR) is 75.6 cm³/mol. The molecule has 0 saturated carbocycles. The molecule has 0 spiro atoms. The largest absolute Gasteiger partial charge is 0.496 e. The van der Waals surface area contributed by atoms with Crippen LogP contribution in [0.3, 0.4) is 0 Å². The fourth-order valence-corrected chi connectivity index (χ4v) is 3.13. The summed E-state index contributed by atoms with van der Waals surface area (Å²) in [6, 6.07) is 7.00. The van der Waals surface area contributed by atoms with Gasteiger partial charge in [-0.25, -0.2) is 0 Å². The van der Waals surface area contributed by atoms with Crippen LogP contribution in [0.2, 0.25) is 0 Å². The monoisotopic (exact) mass is 295 g/mol. The summed E-state index contributed by atoms with van der Waals surface area (Å²) in [4.78, 5) is 11.3. The third-order valence-corrected chi connectivity index (χ3v) is 4.27. The van der Waals surface area contributed by atoms with E-state index in [9.17, 15) is 9.00 Å². The maximum absolute atomic E-state index is 12.1. The van der Waals surface area contributed by atoms with Crippen molar-refractivity contribution in [2.24, 2.45) is 5.92 Å². The number of nitriles is 1. The molecule has 1 aromatic carbocycles. The normalized spacial score (nSPS) is 13.1. The number of hydrogen-bond acceptors (Lipinski definition) is 5. The summed E-state index contributed by atoms with van der Waals surface area (Å²) in [5.41, 5.74) is 1.18. The molecule has 0 aliphatic carbocycles. The van der Waals surface area contributed by atoms with Gasteiger partial charge in [0.25, 0.3) is 0 Å². The predicted octanol–water partition coefficient (Wildman–Crippen LogP) is 1.62. The van der Waals surface area contributed by atoms with E-state index in [0.29, 0.717) is 16.9 Å². The Morgan fingerprint density at radius 3 is 2.70 bits per heavy atom. The Hall–Kier alpha value is -1.87. The average molecular weight is 295 g/mol. The Kier molecular flexibility index (Phi) is 6.19. The minimum absolute atomic E-state index is 0.215. The number of methoxy groups -OCH3 is 2. The van der Waals surface area contributed by atoms with Crippen molar-refractivity contribution >= 4 is 16.8 Å². The number of ether oxygens (including phenoxy) is 2. The van der Waals surface area contributed by atoms with Crippen LogP contribution in [-0.2, 0) is 26.1 Å². The van der Waals surface area contributed by atoms with Crippen LogP contribution < -0.4 is 4.74 Å². The van der Waals surface area contributed by atoms with Crippen LogP contribution in [0.1, 0.15) is 18.1 Å². The van der Waals surface area contributed by atoms with E-state index in [0.717, 1.165) is 0 Å². The van der Waals surface area contributed by atoms with Gasteiger partial charge in [-0.1, -0.05) is 6.92 Å². The second kappa shape index (κ2) is 7.65. The van der Waals surface area contributed by atoms with Gasteiger partial charge >= 0.3 is 5.97 Å². The van der Waals surface area contributed by atoms with Gasteiger partial charge in [-0.15, -0.1) is 0 Å².